The SMILES string of the molecule is C=C1c2ccccc2C(=O)N1[C@H](C)C(=O)NCCC(C)C. The topological polar surface area (TPSA) is 49.4 Å². The molecule has 1 aliphatic rings. The van der Waals surface area contributed by atoms with E-state index >= 15 is 0 Å². The zero-order valence-corrected chi connectivity index (χ0v) is 12.8. The molecular formula is C17H22N2O2. The van der Waals surface area contributed by atoms with Crippen LogP contribution < -0.4 is 5.32 Å². The summed E-state index contributed by atoms with van der Waals surface area (Å²) in [6.45, 7) is 10.5. The van der Waals surface area contributed by atoms with Gasteiger partial charge in [0.1, 0.15) is 6.04 Å². The maximum absolute atomic E-state index is 12.4. The van der Waals surface area contributed by atoms with Gasteiger partial charge >= 0.3 is 0 Å². The van der Waals surface area contributed by atoms with Crippen LogP contribution in [0.5, 0.6) is 0 Å². The van der Waals surface area contributed by atoms with Crippen molar-refractivity contribution in [2.24, 2.45) is 5.92 Å². The zero-order chi connectivity index (χ0) is 15.6. The van der Waals surface area contributed by atoms with Gasteiger partial charge in [-0.25, -0.2) is 0 Å². The molecule has 21 heavy (non-hydrogen) atoms. The zero-order valence-electron chi connectivity index (χ0n) is 12.8. The number of amides is 2. The first-order chi connectivity index (χ1) is 9.93. The lowest BCUT2D eigenvalue weighted by Crippen LogP contribution is -2.45. The Morgan fingerprint density at radius 1 is 1.24 bits per heavy atom. The summed E-state index contributed by atoms with van der Waals surface area (Å²) in [6, 6.07) is 6.77. The Bertz CT molecular complexity index is 543. The first-order valence-electron chi connectivity index (χ1n) is 7.33. The van der Waals surface area contributed by atoms with Gasteiger partial charge in [-0.1, -0.05) is 38.6 Å². The molecule has 0 aliphatic carbocycles. The Kier molecular flexibility index (Phi) is 4.46. The van der Waals surface area contributed by atoms with Crippen molar-refractivity contribution in [3.8, 4) is 0 Å². The van der Waals surface area contributed by atoms with Gasteiger partial charge in [0, 0.05) is 23.4 Å². The Morgan fingerprint density at radius 2 is 1.86 bits per heavy atom. The highest BCUT2D eigenvalue weighted by atomic mass is 16.2. The van der Waals surface area contributed by atoms with E-state index in [4.69, 9.17) is 0 Å². The van der Waals surface area contributed by atoms with Crippen LogP contribution in [0, 0.1) is 5.92 Å². The molecule has 1 aromatic carbocycles. The van der Waals surface area contributed by atoms with E-state index in [1.165, 1.54) is 4.90 Å². The van der Waals surface area contributed by atoms with Gasteiger partial charge < -0.3 is 5.32 Å². The highest BCUT2D eigenvalue weighted by Crippen LogP contribution is 2.32. The number of hydrogen-bond acceptors (Lipinski definition) is 2. The standard InChI is InChI=1S/C17H22N2O2/c1-11(2)9-10-18-16(20)13(4)19-12(3)14-7-5-6-8-15(14)17(19)21/h5-8,11,13H,3,9-10H2,1-2,4H3,(H,18,20)/t13-/m1/s1. The summed E-state index contributed by atoms with van der Waals surface area (Å²) in [5, 5.41) is 2.88. The molecule has 4 nitrogen and oxygen atoms in total. The van der Waals surface area contributed by atoms with Crippen molar-refractivity contribution in [2.45, 2.75) is 33.2 Å². The summed E-state index contributed by atoms with van der Waals surface area (Å²) in [6.07, 6.45) is 0.924. The average Bonchev–Trinajstić information content (AvgIpc) is 2.70. The van der Waals surface area contributed by atoms with Crippen molar-refractivity contribution in [1.29, 1.82) is 0 Å². The van der Waals surface area contributed by atoms with Gasteiger partial charge in [-0.2, -0.15) is 0 Å². The summed E-state index contributed by atoms with van der Waals surface area (Å²) in [4.78, 5) is 26.1. The molecule has 1 heterocycles. The second-order valence-corrected chi connectivity index (χ2v) is 5.82. The molecule has 0 saturated carbocycles. The normalized spacial score (nSPS) is 15.3. The largest absolute Gasteiger partial charge is 0.354 e. The maximum atomic E-state index is 12.4. The lowest BCUT2D eigenvalue weighted by molar-refractivity contribution is -0.124. The molecule has 1 aliphatic heterocycles. The minimum atomic E-state index is -0.551. The molecule has 0 fully saturated rings. The summed E-state index contributed by atoms with van der Waals surface area (Å²) in [5.74, 6) is 0.244. The third-order valence-electron chi connectivity index (χ3n) is 3.77. The lowest BCUT2D eigenvalue weighted by atomic mass is 10.1. The summed E-state index contributed by atoms with van der Waals surface area (Å²) >= 11 is 0. The van der Waals surface area contributed by atoms with E-state index in [9.17, 15) is 9.59 Å². The fraction of sp³-hybridized carbons (Fsp3) is 0.412. The fourth-order valence-corrected chi connectivity index (χ4v) is 2.46. The summed E-state index contributed by atoms with van der Waals surface area (Å²) < 4.78 is 0. The number of nitrogens with one attached hydrogen (secondary N) is 1. The molecule has 1 atom stereocenters. The smallest absolute Gasteiger partial charge is 0.259 e. The highest BCUT2D eigenvalue weighted by Gasteiger charge is 2.36. The molecular weight excluding hydrogens is 264 g/mol. The second kappa shape index (κ2) is 6.12. The molecule has 1 N–H and O–H groups in total. The molecule has 0 bridgehead atoms. The van der Waals surface area contributed by atoms with E-state index in [0.717, 1.165) is 12.0 Å². The predicted octanol–water partition coefficient (Wildman–Crippen LogP) is 2.66. The Balaban J connectivity index is 2.07. The number of nitrogens with zero attached hydrogens (tertiary/aromatic N) is 1. The van der Waals surface area contributed by atoms with Crippen LogP contribution in [0.4, 0.5) is 0 Å². The first-order valence-corrected chi connectivity index (χ1v) is 7.33. The molecule has 1 aromatic rings. The van der Waals surface area contributed by atoms with Gasteiger partial charge in [-0.3, -0.25) is 14.5 Å². The van der Waals surface area contributed by atoms with Crippen LogP contribution in [-0.4, -0.2) is 29.3 Å². The second-order valence-electron chi connectivity index (χ2n) is 5.82. The Labute approximate surface area is 125 Å². The lowest BCUT2D eigenvalue weighted by Gasteiger charge is -2.24. The number of rotatable bonds is 5. The molecule has 0 spiro atoms. The molecule has 112 valence electrons. The van der Waals surface area contributed by atoms with Crippen LogP contribution in [-0.2, 0) is 4.79 Å². The van der Waals surface area contributed by atoms with E-state index < -0.39 is 6.04 Å². The van der Waals surface area contributed by atoms with Crippen LogP contribution in [0.15, 0.2) is 30.8 Å². The summed E-state index contributed by atoms with van der Waals surface area (Å²) in [7, 11) is 0. The van der Waals surface area contributed by atoms with E-state index in [1.54, 1.807) is 13.0 Å². The molecule has 0 aromatic heterocycles. The van der Waals surface area contributed by atoms with Gasteiger partial charge in [0.25, 0.3) is 5.91 Å². The first kappa shape index (κ1) is 15.3. The Hall–Kier alpha value is -2.10. The van der Waals surface area contributed by atoms with Crippen molar-refractivity contribution in [2.75, 3.05) is 6.54 Å². The third kappa shape index (κ3) is 2.99. The highest BCUT2D eigenvalue weighted by molar-refractivity contribution is 6.10. The quantitative estimate of drug-likeness (QED) is 0.904. The van der Waals surface area contributed by atoms with Crippen LogP contribution in [0.25, 0.3) is 5.70 Å². The number of hydrogen-bond donors (Lipinski definition) is 1. The maximum Gasteiger partial charge on any atom is 0.259 e. The number of carbonyl (C=O) groups is 2. The van der Waals surface area contributed by atoms with Crippen LogP contribution >= 0.6 is 0 Å². The minimum absolute atomic E-state index is 0.141. The Morgan fingerprint density at radius 3 is 2.43 bits per heavy atom. The van der Waals surface area contributed by atoms with Crippen molar-refractivity contribution in [3.05, 3.63) is 42.0 Å². The van der Waals surface area contributed by atoms with Gasteiger partial charge in [0.2, 0.25) is 5.91 Å². The van der Waals surface area contributed by atoms with Crippen LogP contribution in [0.1, 0.15) is 43.1 Å². The number of benzene rings is 1. The van der Waals surface area contributed by atoms with Crippen molar-refractivity contribution in [1.82, 2.24) is 10.2 Å². The van der Waals surface area contributed by atoms with E-state index in [2.05, 4.69) is 25.7 Å². The third-order valence-corrected chi connectivity index (χ3v) is 3.77. The average molecular weight is 286 g/mol. The van der Waals surface area contributed by atoms with Gasteiger partial charge in [0.05, 0.1) is 0 Å². The van der Waals surface area contributed by atoms with Crippen molar-refractivity contribution < 1.29 is 9.59 Å². The van der Waals surface area contributed by atoms with Gasteiger partial charge in [-0.05, 0) is 25.3 Å². The van der Waals surface area contributed by atoms with Crippen molar-refractivity contribution >= 4 is 17.5 Å². The monoisotopic (exact) mass is 286 g/mol. The molecule has 4 heteroatoms. The van der Waals surface area contributed by atoms with Crippen molar-refractivity contribution in [3.63, 3.8) is 0 Å². The molecule has 0 unspecified atom stereocenters. The molecule has 2 rings (SSSR count). The molecule has 2 amide bonds. The number of fused-ring (bicyclic) bond motifs is 1. The van der Waals surface area contributed by atoms with E-state index in [0.29, 0.717) is 23.7 Å². The minimum Gasteiger partial charge on any atom is -0.354 e. The van der Waals surface area contributed by atoms with Gasteiger partial charge in [-0.15, -0.1) is 0 Å². The van der Waals surface area contributed by atoms with E-state index in [1.807, 2.05) is 18.2 Å². The predicted molar refractivity (Wildman–Crippen MR) is 83.6 cm³/mol. The number of carbonyl (C=O) groups excluding carboxylic acids is 2. The molecule has 0 saturated heterocycles. The summed E-state index contributed by atoms with van der Waals surface area (Å²) in [5.41, 5.74) is 2.02. The van der Waals surface area contributed by atoms with Crippen LogP contribution in [0.2, 0.25) is 0 Å². The van der Waals surface area contributed by atoms with Gasteiger partial charge in [0.15, 0.2) is 0 Å². The van der Waals surface area contributed by atoms with Crippen LogP contribution in [0.3, 0.4) is 0 Å². The van der Waals surface area contributed by atoms with E-state index in [-0.39, 0.29) is 11.8 Å². The molecule has 0 radical (unpaired) electrons. The fourth-order valence-electron chi connectivity index (χ4n) is 2.46.